The zero-order chi connectivity index (χ0) is 30.1. The van der Waals surface area contributed by atoms with Crippen molar-refractivity contribution >= 4 is 52.7 Å². The Bertz CT molecular complexity index is 1640. The molecule has 9 heteroatoms. The Morgan fingerprint density at radius 3 is 2.14 bits per heavy atom. The minimum atomic E-state index is -0.649. The molecule has 0 heterocycles. The standard InChI is InChI=1S/C33H28FN3O4S/c1-21(38)23-15-17-26(18-16-23)35-31(39)22(2)42-28-13-8-12-27(20-28)36-33(41)30(19-25-11-6-7-14-29(25)34)37-32(40)24-9-4-3-5-10-24/h3-20,22H,1-2H3,(H,35,39)(H,36,41)(H,37,40)/b30-19-. The predicted octanol–water partition coefficient (Wildman–Crippen LogP) is 6.56. The Kier molecular flexibility index (Phi) is 10.0. The molecule has 3 N–H and O–H groups in total. The average Bonchev–Trinajstić information content (AvgIpc) is 2.98. The lowest BCUT2D eigenvalue weighted by molar-refractivity contribution is -0.115. The van der Waals surface area contributed by atoms with Crippen LogP contribution in [0.5, 0.6) is 0 Å². The summed E-state index contributed by atoms with van der Waals surface area (Å²) in [6.45, 7) is 3.23. The second-order valence-electron chi connectivity index (χ2n) is 9.26. The lowest BCUT2D eigenvalue weighted by Gasteiger charge is -2.14. The summed E-state index contributed by atoms with van der Waals surface area (Å²) < 4.78 is 14.4. The van der Waals surface area contributed by atoms with E-state index in [9.17, 15) is 23.6 Å². The van der Waals surface area contributed by atoms with Crippen molar-refractivity contribution in [2.24, 2.45) is 0 Å². The van der Waals surface area contributed by atoms with Crippen molar-refractivity contribution in [1.29, 1.82) is 0 Å². The van der Waals surface area contributed by atoms with Crippen molar-refractivity contribution < 1.29 is 23.6 Å². The van der Waals surface area contributed by atoms with Crippen molar-refractivity contribution in [3.8, 4) is 0 Å². The smallest absolute Gasteiger partial charge is 0.272 e. The number of carbonyl (C=O) groups is 4. The highest BCUT2D eigenvalue weighted by Gasteiger charge is 2.18. The monoisotopic (exact) mass is 581 g/mol. The molecule has 0 saturated heterocycles. The van der Waals surface area contributed by atoms with Gasteiger partial charge in [-0.2, -0.15) is 0 Å². The Morgan fingerprint density at radius 2 is 1.45 bits per heavy atom. The summed E-state index contributed by atoms with van der Waals surface area (Å²) in [5.41, 5.74) is 1.88. The number of anilines is 2. The molecule has 0 spiro atoms. The van der Waals surface area contributed by atoms with Crippen molar-refractivity contribution in [2.45, 2.75) is 24.0 Å². The normalized spacial score (nSPS) is 11.7. The van der Waals surface area contributed by atoms with Crippen LogP contribution in [-0.4, -0.2) is 28.8 Å². The van der Waals surface area contributed by atoms with Gasteiger partial charge in [0, 0.05) is 33.0 Å². The summed E-state index contributed by atoms with van der Waals surface area (Å²) in [5.74, 6) is -2.00. The van der Waals surface area contributed by atoms with Gasteiger partial charge < -0.3 is 16.0 Å². The van der Waals surface area contributed by atoms with E-state index in [1.165, 1.54) is 43.0 Å². The number of amides is 3. The first-order valence-electron chi connectivity index (χ1n) is 13.0. The first-order valence-corrected chi connectivity index (χ1v) is 13.9. The molecule has 7 nitrogen and oxygen atoms in total. The maximum atomic E-state index is 14.4. The number of rotatable bonds is 10. The van der Waals surface area contributed by atoms with Crippen LogP contribution in [0.15, 0.2) is 114 Å². The van der Waals surface area contributed by atoms with Crippen molar-refractivity contribution in [1.82, 2.24) is 5.32 Å². The van der Waals surface area contributed by atoms with Crippen LogP contribution in [0.1, 0.15) is 40.1 Å². The summed E-state index contributed by atoms with van der Waals surface area (Å²) in [6.07, 6.45) is 1.28. The largest absolute Gasteiger partial charge is 0.325 e. The van der Waals surface area contributed by atoms with Crippen LogP contribution in [-0.2, 0) is 9.59 Å². The molecule has 212 valence electrons. The average molecular weight is 582 g/mol. The highest BCUT2D eigenvalue weighted by Crippen LogP contribution is 2.27. The van der Waals surface area contributed by atoms with E-state index in [0.717, 1.165) is 4.90 Å². The number of halogens is 1. The van der Waals surface area contributed by atoms with E-state index in [0.29, 0.717) is 22.5 Å². The van der Waals surface area contributed by atoms with Gasteiger partial charge in [0.15, 0.2) is 5.78 Å². The zero-order valence-electron chi connectivity index (χ0n) is 22.9. The van der Waals surface area contributed by atoms with Crippen molar-refractivity contribution in [3.63, 3.8) is 0 Å². The van der Waals surface area contributed by atoms with Gasteiger partial charge >= 0.3 is 0 Å². The van der Waals surface area contributed by atoms with Gasteiger partial charge in [0.2, 0.25) is 5.91 Å². The lowest BCUT2D eigenvalue weighted by atomic mass is 10.1. The first-order chi connectivity index (χ1) is 20.2. The minimum Gasteiger partial charge on any atom is -0.325 e. The molecule has 0 fully saturated rings. The second-order valence-corrected chi connectivity index (χ2v) is 10.7. The zero-order valence-corrected chi connectivity index (χ0v) is 23.7. The Balaban J connectivity index is 1.46. The molecule has 4 aromatic rings. The number of Topliss-reactive ketones (excluding diaryl/α,β-unsaturated/α-hetero) is 1. The van der Waals surface area contributed by atoms with E-state index in [2.05, 4.69) is 16.0 Å². The SMILES string of the molecule is CC(=O)c1ccc(NC(=O)C(C)Sc2cccc(NC(=O)/C(=C/c3ccccc3F)NC(=O)c3ccccc3)c2)cc1. The van der Waals surface area contributed by atoms with E-state index in [1.807, 2.05) is 0 Å². The van der Waals surface area contributed by atoms with Gasteiger partial charge in [-0.15, -0.1) is 11.8 Å². The lowest BCUT2D eigenvalue weighted by Crippen LogP contribution is -2.30. The van der Waals surface area contributed by atoms with Crippen LogP contribution >= 0.6 is 11.8 Å². The fraction of sp³-hybridized carbons (Fsp3) is 0.0909. The van der Waals surface area contributed by atoms with Gasteiger partial charge in [-0.3, -0.25) is 19.2 Å². The number of nitrogens with one attached hydrogen (secondary N) is 3. The molecule has 0 aliphatic heterocycles. The molecule has 1 unspecified atom stereocenters. The minimum absolute atomic E-state index is 0.0582. The van der Waals surface area contributed by atoms with Gasteiger partial charge in [-0.1, -0.05) is 42.5 Å². The van der Waals surface area contributed by atoms with E-state index >= 15 is 0 Å². The third-order valence-electron chi connectivity index (χ3n) is 6.07. The molecule has 42 heavy (non-hydrogen) atoms. The van der Waals surface area contributed by atoms with Crippen LogP contribution in [0.25, 0.3) is 6.08 Å². The van der Waals surface area contributed by atoms with Crippen molar-refractivity contribution in [3.05, 3.63) is 131 Å². The van der Waals surface area contributed by atoms with Crippen molar-refractivity contribution in [2.75, 3.05) is 10.6 Å². The second kappa shape index (κ2) is 14.0. The van der Waals surface area contributed by atoms with Gasteiger partial charge in [-0.05, 0) is 80.6 Å². The molecule has 0 bridgehead atoms. The van der Waals surface area contributed by atoms with Crippen LogP contribution < -0.4 is 16.0 Å². The Labute approximate surface area is 247 Å². The molecule has 3 amide bonds. The molecule has 4 aromatic carbocycles. The molecule has 0 radical (unpaired) electrons. The molecule has 4 rings (SSSR count). The highest BCUT2D eigenvalue weighted by molar-refractivity contribution is 8.00. The molecular weight excluding hydrogens is 553 g/mol. The third kappa shape index (κ3) is 8.25. The number of hydrogen-bond donors (Lipinski definition) is 3. The van der Waals surface area contributed by atoms with Crippen LogP contribution in [0.4, 0.5) is 15.8 Å². The van der Waals surface area contributed by atoms with Gasteiger partial charge in [0.1, 0.15) is 11.5 Å². The summed E-state index contributed by atoms with van der Waals surface area (Å²) in [7, 11) is 0. The van der Waals surface area contributed by atoms with Crippen LogP contribution in [0.3, 0.4) is 0 Å². The van der Waals surface area contributed by atoms with E-state index in [-0.39, 0.29) is 23.0 Å². The number of ketones is 1. The molecule has 0 aliphatic rings. The van der Waals surface area contributed by atoms with Gasteiger partial charge in [0.05, 0.1) is 5.25 Å². The first kappa shape index (κ1) is 30.0. The molecule has 0 aliphatic carbocycles. The quantitative estimate of drug-likeness (QED) is 0.112. The summed E-state index contributed by atoms with van der Waals surface area (Å²) in [6, 6.07) is 27.8. The molecule has 0 aromatic heterocycles. The summed E-state index contributed by atoms with van der Waals surface area (Å²) in [5, 5.41) is 7.69. The Hall–Kier alpha value is -5.02. The molecule has 1 atom stereocenters. The van der Waals surface area contributed by atoms with Crippen LogP contribution in [0.2, 0.25) is 0 Å². The van der Waals surface area contributed by atoms with Gasteiger partial charge in [0.25, 0.3) is 11.8 Å². The van der Waals surface area contributed by atoms with Crippen LogP contribution in [0, 0.1) is 5.82 Å². The molecule has 0 saturated carbocycles. The number of thioether (sulfide) groups is 1. The maximum absolute atomic E-state index is 14.4. The Morgan fingerprint density at radius 1 is 0.762 bits per heavy atom. The van der Waals surface area contributed by atoms with Gasteiger partial charge in [-0.25, -0.2) is 4.39 Å². The fourth-order valence-corrected chi connectivity index (χ4v) is 4.75. The number of hydrogen-bond acceptors (Lipinski definition) is 5. The topological polar surface area (TPSA) is 104 Å². The molecular formula is C33H28FN3O4S. The van der Waals surface area contributed by atoms with E-state index < -0.39 is 22.9 Å². The predicted molar refractivity (Wildman–Crippen MR) is 164 cm³/mol. The van der Waals surface area contributed by atoms with E-state index in [1.54, 1.807) is 91.9 Å². The maximum Gasteiger partial charge on any atom is 0.272 e. The number of carbonyl (C=O) groups excluding carboxylic acids is 4. The number of benzene rings is 4. The fourth-order valence-electron chi connectivity index (χ4n) is 3.83. The highest BCUT2D eigenvalue weighted by atomic mass is 32.2. The van der Waals surface area contributed by atoms with E-state index in [4.69, 9.17) is 0 Å². The third-order valence-corrected chi connectivity index (χ3v) is 7.16. The summed E-state index contributed by atoms with van der Waals surface area (Å²) >= 11 is 1.29. The summed E-state index contributed by atoms with van der Waals surface area (Å²) in [4.78, 5) is 51.1.